The SMILES string of the molecule is O=C(NN=Cc1c(F)cccc1Cl)c1cc(-c2ccc(Cl)cc2Cl)n[nH]1. The molecule has 1 aromatic heterocycles. The van der Waals surface area contributed by atoms with Gasteiger partial charge in [0.25, 0.3) is 5.91 Å². The van der Waals surface area contributed by atoms with Gasteiger partial charge in [-0.25, -0.2) is 9.82 Å². The fourth-order valence-corrected chi connectivity index (χ4v) is 2.84. The van der Waals surface area contributed by atoms with Crippen LogP contribution < -0.4 is 5.43 Å². The number of hydrazone groups is 1. The third-order valence-corrected chi connectivity index (χ3v) is 4.27. The Kier molecular flexibility index (Phi) is 5.56. The van der Waals surface area contributed by atoms with Gasteiger partial charge in [0.2, 0.25) is 0 Å². The molecule has 0 radical (unpaired) electrons. The second-order valence-corrected chi connectivity index (χ2v) is 6.38. The Morgan fingerprint density at radius 2 is 1.96 bits per heavy atom. The van der Waals surface area contributed by atoms with Crippen LogP contribution in [0, 0.1) is 5.82 Å². The zero-order valence-corrected chi connectivity index (χ0v) is 15.2. The fraction of sp³-hybridized carbons (Fsp3) is 0. The molecule has 0 fully saturated rings. The van der Waals surface area contributed by atoms with E-state index in [-0.39, 0.29) is 16.3 Å². The summed E-state index contributed by atoms with van der Waals surface area (Å²) in [6, 6.07) is 10.7. The Hall–Kier alpha value is -2.41. The number of carbonyl (C=O) groups excluding carboxylic acids is 1. The van der Waals surface area contributed by atoms with E-state index in [4.69, 9.17) is 34.8 Å². The lowest BCUT2D eigenvalue weighted by Crippen LogP contribution is -2.18. The predicted octanol–water partition coefficient (Wildman–Crippen LogP) is 4.94. The van der Waals surface area contributed by atoms with Crippen molar-refractivity contribution in [3.05, 3.63) is 74.6 Å². The number of aromatic amines is 1. The van der Waals surface area contributed by atoms with Gasteiger partial charge in [0.1, 0.15) is 11.5 Å². The van der Waals surface area contributed by atoms with E-state index in [2.05, 4.69) is 20.7 Å². The smallest absolute Gasteiger partial charge is 0.272 e. The average Bonchev–Trinajstić information content (AvgIpc) is 3.07. The minimum absolute atomic E-state index is 0.0766. The predicted molar refractivity (Wildman–Crippen MR) is 101 cm³/mol. The molecule has 0 bridgehead atoms. The number of rotatable bonds is 4. The first-order chi connectivity index (χ1) is 12.5. The second-order valence-electron chi connectivity index (χ2n) is 5.13. The molecular weight excluding hydrogens is 402 g/mol. The molecule has 3 aromatic rings. The van der Waals surface area contributed by atoms with Crippen LogP contribution in [0.4, 0.5) is 4.39 Å². The molecule has 2 N–H and O–H groups in total. The summed E-state index contributed by atoms with van der Waals surface area (Å²) in [5.41, 5.74) is 3.59. The number of hydrogen-bond donors (Lipinski definition) is 2. The van der Waals surface area contributed by atoms with Gasteiger partial charge in [-0.2, -0.15) is 10.2 Å². The number of aromatic nitrogens is 2. The van der Waals surface area contributed by atoms with Crippen molar-refractivity contribution in [2.45, 2.75) is 0 Å². The molecule has 0 aliphatic rings. The molecule has 2 aromatic carbocycles. The number of amides is 1. The van der Waals surface area contributed by atoms with Crippen LogP contribution in [-0.4, -0.2) is 22.3 Å². The zero-order valence-electron chi connectivity index (χ0n) is 12.9. The Morgan fingerprint density at radius 1 is 1.15 bits per heavy atom. The molecular formula is C17H10Cl3FN4O. The quantitative estimate of drug-likeness (QED) is 0.471. The van der Waals surface area contributed by atoms with Crippen molar-refractivity contribution in [2.75, 3.05) is 0 Å². The first kappa shape index (κ1) is 18.4. The number of nitrogens with one attached hydrogen (secondary N) is 2. The third kappa shape index (κ3) is 4.04. The van der Waals surface area contributed by atoms with Crippen molar-refractivity contribution in [3.63, 3.8) is 0 Å². The molecule has 0 aliphatic carbocycles. The lowest BCUT2D eigenvalue weighted by Gasteiger charge is -2.00. The molecule has 5 nitrogen and oxygen atoms in total. The van der Waals surface area contributed by atoms with Gasteiger partial charge >= 0.3 is 0 Å². The summed E-state index contributed by atoms with van der Waals surface area (Å²) in [5.74, 6) is -1.10. The molecule has 0 aliphatic heterocycles. The molecule has 3 rings (SSSR count). The molecule has 0 spiro atoms. The maximum absolute atomic E-state index is 13.6. The maximum atomic E-state index is 13.6. The lowest BCUT2D eigenvalue weighted by atomic mass is 10.1. The van der Waals surface area contributed by atoms with Crippen LogP contribution in [0.3, 0.4) is 0 Å². The molecule has 0 saturated heterocycles. The van der Waals surface area contributed by atoms with Crippen molar-refractivity contribution in [1.29, 1.82) is 0 Å². The summed E-state index contributed by atoms with van der Waals surface area (Å²) in [6.07, 6.45) is 1.13. The average molecular weight is 412 g/mol. The van der Waals surface area contributed by atoms with Crippen LogP contribution in [-0.2, 0) is 0 Å². The molecule has 26 heavy (non-hydrogen) atoms. The highest BCUT2D eigenvalue weighted by molar-refractivity contribution is 6.36. The van der Waals surface area contributed by atoms with Crippen LogP contribution in [0.2, 0.25) is 15.1 Å². The van der Waals surface area contributed by atoms with Crippen LogP contribution in [0.1, 0.15) is 16.1 Å². The van der Waals surface area contributed by atoms with Gasteiger partial charge in [-0.1, -0.05) is 40.9 Å². The van der Waals surface area contributed by atoms with Crippen LogP contribution in [0.5, 0.6) is 0 Å². The summed E-state index contributed by atoms with van der Waals surface area (Å²) < 4.78 is 13.6. The summed E-state index contributed by atoms with van der Waals surface area (Å²) in [6.45, 7) is 0. The molecule has 0 atom stereocenters. The van der Waals surface area contributed by atoms with E-state index < -0.39 is 11.7 Å². The van der Waals surface area contributed by atoms with Gasteiger partial charge < -0.3 is 0 Å². The Bertz CT molecular complexity index is 983. The molecule has 9 heteroatoms. The summed E-state index contributed by atoms with van der Waals surface area (Å²) in [5, 5.41) is 11.4. The van der Waals surface area contributed by atoms with Crippen molar-refractivity contribution < 1.29 is 9.18 Å². The first-order valence-electron chi connectivity index (χ1n) is 7.24. The van der Waals surface area contributed by atoms with Crippen molar-refractivity contribution in [1.82, 2.24) is 15.6 Å². The van der Waals surface area contributed by atoms with Crippen molar-refractivity contribution >= 4 is 46.9 Å². The number of carbonyl (C=O) groups is 1. The summed E-state index contributed by atoms with van der Waals surface area (Å²) in [4.78, 5) is 12.1. The third-order valence-electron chi connectivity index (χ3n) is 3.39. The van der Waals surface area contributed by atoms with E-state index in [0.717, 1.165) is 6.21 Å². The minimum atomic E-state index is -0.558. The summed E-state index contributed by atoms with van der Waals surface area (Å²) in [7, 11) is 0. The first-order valence-corrected chi connectivity index (χ1v) is 8.37. The standard InChI is InChI=1S/C17H10Cl3FN4O/c18-9-4-5-10(13(20)6-9)15-7-16(24-23-15)17(26)25-22-8-11-12(19)2-1-3-14(11)21/h1-8H,(H,23,24)(H,25,26). The highest BCUT2D eigenvalue weighted by Crippen LogP contribution is 2.29. The van der Waals surface area contributed by atoms with Crippen LogP contribution >= 0.6 is 34.8 Å². The number of H-pyrrole nitrogens is 1. The number of nitrogens with zero attached hydrogens (tertiary/aromatic N) is 2. The van der Waals surface area contributed by atoms with E-state index in [1.165, 1.54) is 24.3 Å². The van der Waals surface area contributed by atoms with E-state index in [1.54, 1.807) is 18.2 Å². The number of benzene rings is 2. The highest BCUT2D eigenvalue weighted by atomic mass is 35.5. The van der Waals surface area contributed by atoms with Gasteiger partial charge in [-0.15, -0.1) is 0 Å². The van der Waals surface area contributed by atoms with Crippen LogP contribution in [0.15, 0.2) is 47.6 Å². The topological polar surface area (TPSA) is 70.1 Å². The van der Waals surface area contributed by atoms with Gasteiger partial charge in [0.15, 0.2) is 0 Å². The van der Waals surface area contributed by atoms with Gasteiger partial charge in [-0.05, 0) is 36.4 Å². The van der Waals surface area contributed by atoms with Gasteiger partial charge in [0, 0.05) is 16.1 Å². The molecule has 1 amide bonds. The summed E-state index contributed by atoms with van der Waals surface area (Å²) >= 11 is 17.9. The number of hydrogen-bond acceptors (Lipinski definition) is 3. The molecule has 1 heterocycles. The minimum Gasteiger partial charge on any atom is -0.272 e. The Morgan fingerprint density at radius 3 is 2.69 bits per heavy atom. The number of halogens is 4. The monoisotopic (exact) mass is 410 g/mol. The molecule has 0 saturated carbocycles. The largest absolute Gasteiger partial charge is 0.289 e. The van der Waals surface area contributed by atoms with E-state index in [1.807, 2.05) is 0 Å². The zero-order chi connectivity index (χ0) is 18.7. The van der Waals surface area contributed by atoms with E-state index in [9.17, 15) is 9.18 Å². The lowest BCUT2D eigenvalue weighted by molar-refractivity contribution is 0.0950. The fourth-order valence-electron chi connectivity index (χ4n) is 2.12. The van der Waals surface area contributed by atoms with Gasteiger partial charge in [-0.3, -0.25) is 9.89 Å². The van der Waals surface area contributed by atoms with Crippen molar-refractivity contribution in [2.24, 2.45) is 5.10 Å². The Balaban J connectivity index is 1.73. The Labute approximate surface area is 162 Å². The highest BCUT2D eigenvalue weighted by Gasteiger charge is 2.13. The molecule has 132 valence electrons. The van der Waals surface area contributed by atoms with Crippen LogP contribution in [0.25, 0.3) is 11.3 Å². The second kappa shape index (κ2) is 7.86. The maximum Gasteiger partial charge on any atom is 0.289 e. The van der Waals surface area contributed by atoms with E-state index in [0.29, 0.717) is 21.3 Å². The van der Waals surface area contributed by atoms with Crippen molar-refractivity contribution in [3.8, 4) is 11.3 Å². The molecule has 0 unspecified atom stereocenters. The van der Waals surface area contributed by atoms with Gasteiger partial charge in [0.05, 0.1) is 22.0 Å². The normalized spacial score (nSPS) is 11.1. The van der Waals surface area contributed by atoms with E-state index >= 15 is 0 Å².